The second-order valence-electron chi connectivity index (χ2n) is 7.77. The molecule has 0 radical (unpaired) electrons. The summed E-state index contributed by atoms with van der Waals surface area (Å²) in [6.45, 7) is 4.80. The summed E-state index contributed by atoms with van der Waals surface area (Å²) in [5.74, 6) is -4.60. The van der Waals surface area contributed by atoms with Gasteiger partial charge in [0.15, 0.2) is 0 Å². The summed E-state index contributed by atoms with van der Waals surface area (Å²) in [5.41, 5.74) is -1.20. The first kappa shape index (κ1) is 22.0. The van der Waals surface area contributed by atoms with Crippen LogP contribution in [0.4, 0.5) is 23.7 Å². The Morgan fingerprint density at radius 3 is 2.29 bits per heavy atom. The van der Waals surface area contributed by atoms with Crippen molar-refractivity contribution < 1.29 is 38.1 Å². The highest BCUT2D eigenvalue weighted by Gasteiger charge is 2.54. The Labute approximate surface area is 160 Å². The molecule has 2 rings (SSSR count). The number of aryl methyl sites for hydroxylation is 1. The second-order valence-corrected chi connectivity index (χ2v) is 7.77. The fraction of sp³-hybridized carbons (Fsp3) is 0.556. The minimum atomic E-state index is -5.31. The molecule has 1 unspecified atom stereocenters. The highest BCUT2D eigenvalue weighted by molar-refractivity contribution is 5.99. The average Bonchev–Trinajstić information content (AvgIpc) is 2.64. The minimum Gasteiger partial charge on any atom is -0.530 e. The van der Waals surface area contributed by atoms with Crippen LogP contribution in [-0.2, 0) is 17.0 Å². The van der Waals surface area contributed by atoms with Crippen molar-refractivity contribution in [3.8, 4) is 0 Å². The first-order chi connectivity index (χ1) is 12.6. The maximum Gasteiger partial charge on any atom is 0.447 e. The molecule has 0 spiro atoms. The van der Waals surface area contributed by atoms with E-state index >= 15 is 0 Å². The molecule has 7 nitrogen and oxygen atoms in total. The normalized spacial score (nSPS) is 18.5. The van der Waals surface area contributed by atoms with E-state index in [1.807, 2.05) is 0 Å². The number of carboxylic acid groups (broad SMARTS) is 1. The number of likely N-dealkylation sites (N-methyl/N-ethyl adjacent to an activating group) is 1. The summed E-state index contributed by atoms with van der Waals surface area (Å²) >= 11 is 0. The van der Waals surface area contributed by atoms with Crippen LogP contribution in [0.5, 0.6) is 0 Å². The van der Waals surface area contributed by atoms with Gasteiger partial charge >= 0.3 is 6.18 Å². The van der Waals surface area contributed by atoms with Crippen LogP contribution in [-0.4, -0.2) is 51.9 Å². The predicted molar refractivity (Wildman–Crippen MR) is 91.1 cm³/mol. The van der Waals surface area contributed by atoms with Crippen molar-refractivity contribution in [2.75, 3.05) is 11.9 Å². The average molecular weight is 403 g/mol. The van der Waals surface area contributed by atoms with Gasteiger partial charge < -0.3 is 29.9 Å². The van der Waals surface area contributed by atoms with Gasteiger partial charge in [0.25, 0.3) is 5.79 Å². The Kier molecular flexibility index (Phi) is 5.43. The molecule has 1 aromatic rings. The highest BCUT2D eigenvalue weighted by Crippen LogP contribution is 2.39. The van der Waals surface area contributed by atoms with E-state index in [1.165, 1.54) is 13.1 Å². The highest BCUT2D eigenvalue weighted by atomic mass is 19.4. The summed E-state index contributed by atoms with van der Waals surface area (Å²) in [7, 11) is 1.38. The number of halogens is 3. The van der Waals surface area contributed by atoms with Gasteiger partial charge in [-0.3, -0.25) is 4.79 Å². The number of hydrogen-bond acceptors (Lipinski definition) is 5. The van der Waals surface area contributed by atoms with Crippen molar-refractivity contribution in [3.05, 3.63) is 29.3 Å². The largest absolute Gasteiger partial charge is 0.530 e. The van der Waals surface area contributed by atoms with E-state index in [9.17, 15) is 38.1 Å². The predicted octanol–water partition coefficient (Wildman–Crippen LogP) is 1.11. The van der Waals surface area contributed by atoms with Crippen molar-refractivity contribution in [2.24, 2.45) is 0 Å². The second kappa shape index (κ2) is 6.93. The molecule has 28 heavy (non-hydrogen) atoms. The van der Waals surface area contributed by atoms with Gasteiger partial charge in [-0.25, -0.2) is 0 Å². The molecule has 0 fully saturated rings. The fourth-order valence-corrected chi connectivity index (χ4v) is 3.36. The molecule has 0 aliphatic carbocycles. The lowest BCUT2D eigenvalue weighted by Crippen LogP contribution is -2.60. The molecule has 1 aliphatic heterocycles. The molecule has 2 N–H and O–H groups in total. The number of amides is 2. The Morgan fingerprint density at radius 1 is 1.25 bits per heavy atom. The number of hydrogen-bond donors (Lipinski definition) is 2. The number of nitrogens with zero attached hydrogens (tertiary/aromatic N) is 2. The number of benzene rings is 1. The van der Waals surface area contributed by atoms with Gasteiger partial charge in [0.2, 0.25) is 5.91 Å². The number of rotatable bonds is 2. The zero-order chi connectivity index (χ0) is 21.7. The number of carbonyl (C=O) groups is 2. The molecule has 1 atom stereocenters. The molecular weight excluding hydrogens is 381 g/mol. The van der Waals surface area contributed by atoms with Crippen LogP contribution >= 0.6 is 0 Å². The number of aliphatic hydroxyl groups is 2. The summed E-state index contributed by atoms with van der Waals surface area (Å²) in [5, 5.41) is 30.6. The zero-order valence-corrected chi connectivity index (χ0v) is 15.9. The van der Waals surface area contributed by atoms with E-state index in [1.54, 1.807) is 20.8 Å². The smallest absolute Gasteiger partial charge is 0.447 e. The molecule has 1 heterocycles. The molecule has 0 saturated heterocycles. The van der Waals surface area contributed by atoms with Crippen LogP contribution in [0.3, 0.4) is 0 Å². The molecule has 0 bridgehead atoms. The van der Waals surface area contributed by atoms with Crippen molar-refractivity contribution >= 4 is 17.7 Å². The molecule has 1 aromatic carbocycles. The van der Waals surface area contributed by atoms with E-state index in [4.69, 9.17) is 0 Å². The quantitative estimate of drug-likeness (QED) is 0.720. The number of carbonyl (C=O) groups excluding carboxylic acids is 2. The Balaban J connectivity index is 2.48. The molecule has 10 heteroatoms. The standard InChI is InChI=1S/C18H23F3N2O5/c1-16(2,3)23(15(25)26)13-7-5-10-9-11(17(27,28)18(19,20)21)6-8-12(10)22(4)14(13)24/h6,8-9,13,27-28H,5,7H2,1-4H3,(H,25,26)/p-1. The SMILES string of the molecule is CN1C(=O)C(N(C(=O)[O-])C(C)(C)C)CCc2cc(C(O)(O)C(F)(F)F)ccc21. The lowest BCUT2D eigenvalue weighted by Gasteiger charge is -2.43. The van der Waals surface area contributed by atoms with Crippen molar-refractivity contribution in [3.63, 3.8) is 0 Å². The molecule has 0 saturated carbocycles. The van der Waals surface area contributed by atoms with E-state index in [0.717, 1.165) is 21.9 Å². The van der Waals surface area contributed by atoms with Gasteiger partial charge in [0.05, 0.1) is 0 Å². The third-order valence-electron chi connectivity index (χ3n) is 4.77. The van der Waals surface area contributed by atoms with Crippen LogP contribution in [0, 0.1) is 0 Å². The van der Waals surface area contributed by atoms with E-state index in [2.05, 4.69) is 0 Å². The molecule has 1 aliphatic rings. The summed E-state index contributed by atoms with van der Waals surface area (Å²) in [6.07, 6.45) is -6.79. The Morgan fingerprint density at radius 2 is 1.82 bits per heavy atom. The first-order valence-electron chi connectivity index (χ1n) is 8.51. The van der Waals surface area contributed by atoms with Crippen LogP contribution in [0.15, 0.2) is 18.2 Å². The van der Waals surface area contributed by atoms with Gasteiger partial charge in [-0.05, 0) is 51.3 Å². The van der Waals surface area contributed by atoms with Crippen molar-refractivity contribution in [1.29, 1.82) is 0 Å². The molecule has 0 aromatic heterocycles. The fourth-order valence-electron chi connectivity index (χ4n) is 3.36. The van der Waals surface area contributed by atoms with Gasteiger partial charge in [0.1, 0.15) is 12.1 Å². The minimum absolute atomic E-state index is 0.000746. The van der Waals surface area contributed by atoms with Gasteiger partial charge in [-0.1, -0.05) is 6.07 Å². The Bertz CT molecular complexity index is 786. The van der Waals surface area contributed by atoms with Crippen molar-refractivity contribution in [1.82, 2.24) is 4.90 Å². The van der Waals surface area contributed by atoms with Gasteiger partial charge in [0, 0.05) is 23.8 Å². The van der Waals surface area contributed by atoms with Crippen molar-refractivity contribution in [2.45, 2.75) is 57.2 Å². The van der Waals surface area contributed by atoms with Gasteiger partial charge in [-0.2, -0.15) is 13.2 Å². The molecular formula is C18H22F3N2O5-. The van der Waals surface area contributed by atoms with Gasteiger partial charge in [-0.15, -0.1) is 0 Å². The third kappa shape index (κ3) is 3.79. The maximum atomic E-state index is 12.9. The Hall–Kier alpha value is -2.33. The lowest BCUT2D eigenvalue weighted by molar-refractivity contribution is -0.358. The zero-order valence-electron chi connectivity index (χ0n) is 15.9. The van der Waals surface area contributed by atoms with Crippen LogP contribution < -0.4 is 10.0 Å². The van der Waals surface area contributed by atoms with E-state index in [-0.39, 0.29) is 24.1 Å². The number of alkyl halides is 3. The van der Waals surface area contributed by atoms with E-state index < -0.39 is 41.1 Å². The topological polar surface area (TPSA) is 104 Å². The van der Waals surface area contributed by atoms with Crippen LogP contribution in [0.25, 0.3) is 0 Å². The third-order valence-corrected chi connectivity index (χ3v) is 4.77. The number of fused-ring (bicyclic) bond motifs is 1. The van der Waals surface area contributed by atoms with E-state index in [0.29, 0.717) is 0 Å². The summed E-state index contributed by atoms with van der Waals surface area (Å²) in [4.78, 5) is 26.6. The monoisotopic (exact) mass is 403 g/mol. The first-order valence-corrected chi connectivity index (χ1v) is 8.51. The van der Waals surface area contributed by atoms with Crippen LogP contribution in [0.2, 0.25) is 0 Å². The maximum absolute atomic E-state index is 12.9. The number of anilines is 1. The summed E-state index contributed by atoms with van der Waals surface area (Å²) < 4.78 is 38.7. The summed E-state index contributed by atoms with van der Waals surface area (Å²) in [6, 6.07) is 1.92. The molecule has 156 valence electrons. The molecule has 2 amide bonds. The lowest BCUT2D eigenvalue weighted by atomic mass is 9.97. The van der Waals surface area contributed by atoms with Crippen LogP contribution in [0.1, 0.15) is 38.3 Å².